The van der Waals surface area contributed by atoms with Crippen LogP contribution in [0, 0.1) is 29.5 Å². The Morgan fingerprint density at radius 3 is 2.93 bits per heavy atom. The predicted octanol–water partition coefficient (Wildman–Crippen LogP) is 4.94. The summed E-state index contributed by atoms with van der Waals surface area (Å²) in [5.74, 6) is 0.243. The molecule has 0 fully saturated rings. The van der Waals surface area contributed by atoms with E-state index in [0.29, 0.717) is 17.7 Å². The highest BCUT2D eigenvalue weighted by molar-refractivity contribution is 5.88. The van der Waals surface area contributed by atoms with Gasteiger partial charge in [0, 0.05) is 31.1 Å². The number of benzene rings is 2. The maximum atomic E-state index is 14.6. The Balaban J connectivity index is 1.67. The SMILES string of the molecule is Cc1cc(C=N)c(Nc2cnn(C)c2)cc1O[C@H]1CCCc2c1ccc(C#N)c2F. The van der Waals surface area contributed by atoms with E-state index < -0.39 is 5.82 Å². The highest BCUT2D eigenvalue weighted by atomic mass is 19.1. The molecule has 6 nitrogen and oxygen atoms in total. The Hall–Kier alpha value is -3.66. The summed E-state index contributed by atoms with van der Waals surface area (Å²) in [6.45, 7) is 1.93. The predicted molar refractivity (Wildman–Crippen MR) is 113 cm³/mol. The number of aryl methyl sites for hydroxylation is 2. The molecule has 1 aliphatic rings. The van der Waals surface area contributed by atoms with Crippen LogP contribution in [0.5, 0.6) is 5.75 Å². The Morgan fingerprint density at radius 1 is 1.40 bits per heavy atom. The Labute approximate surface area is 174 Å². The number of halogens is 1. The number of nitrogens with one attached hydrogen (secondary N) is 2. The van der Waals surface area contributed by atoms with Crippen LogP contribution in [0.3, 0.4) is 0 Å². The van der Waals surface area contributed by atoms with Crippen LogP contribution in [-0.4, -0.2) is 16.0 Å². The molecule has 30 heavy (non-hydrogen) atoms. The minimum atomic E-state index is -0.432. The average Bonchev–Trinajstić information content (AvgIpc) is 3.15. The first kappa shape index (κ1) is 19.6. The molecule has 0 radical (unpaired) electrons. The number of nitriles is 1. The van der Waals surface area contributed by atoms with Gasteiger partial charge in [-0.3, -0.25) is 4.68 Å². The average molecular weight is 403 g/mol. The van der Waals surface area contributed by atoms with Crippen molar-refractivity contribution in [2.45, 2.75) is 32.3 Å². The number of anilines is 2. The van der Waals surface area contributed by atoms with Crippen LogP contribution in [0.4, 0.5) is 15.8 Å². The fourth-order valence-electron chi connectivity index (χ4n) is 3.88. The Kier molecular flexibility index (Phi) is 5.23. The fourth-order valence-corrected chi connectivity index (χ4v) is 3.88. The normalized spacial score (nSPS) is 15.2. The summed E-state index contributed by atoms with van der Waals surface area (Å²) in [4.78, 5) is 0. The second kappa shape index (κ2) is 7.99. The molecule has 2 aromatic carbocycles. The van der Waals surface area contributed by atoms with E-state index in [-0.39, 0.29) is 11.7 Å². The van der Waals surface area contributed by atoms with Crippen LogP contribution in [0.1, 0.15) is 46.8 Å². The van der Waals surface area contributed by atoms with Gasteiger partial charge >= 0.3 is 0 Å². The number of hydrogen-bond acceptors (Lipinski definition) is 5. The molecule has 2 N–H and O–H groups in total. The van der Waals surface area contributed by atoms with Crippen molar-refractivity contribution in [3.63, 3.8) is 0 Å². The number of hydrogen-bond donors (Lipinski definition) is 2. The van der Waals surface area contributed by atoms with Crippen molar-refractivity contribution in [1.82, 2.24) is 9.78 Å². The first-order valence-corrected chi connectivity index (χ1v) is 9.79. The molecule has 0 aliphatic heterocycles. The second-order valence-electron chi connectivity index (χ2n) is 7.48. The molecule has 0 saturated heterocycles. The van der Waals surface area contributed by atoms with Crippen LogP contribution in [0.2, 0.25) is 0 Å². The molecule has 0 amide bonds. The van der Waals surface area contributed by atoms with E-state index >= 15 is 0 Å². The zero-order valence-electron chi connectivity index (χ0n) is 16.9. The van der Waals surface area contributed by atoms with Gasteiger partial charge < -0.3 is 15.5 Å². The summed E-state index contributed by atoms with van der Waals surface area (Å²) in [7, 11) is 1.84. The maximum Gasteiger partial charge on any atom is 0.144 e. The molecular weight excluding hydrogens is 381 g/mol. The van der Waals surface area contributed by atoms with Crippen LogP contribution in [0.25, 0.3) is 0 Å². The van der Waals surface area contributed by atoms with Gasteiger partial charge in [-0.2, -0.15) is 10.4 Å². The van der Waals surface area contributed by atoms with Gasteiger partial charge in [0.25, 0.3) is 0 Å². The topological polar surface area (TPSA) is 86.7 Å². The van der Waals surface area contributed by atoms with Crippen molar-refractivity contribution >= 4 is 17.6 Å². The molecule has 1 aliphatic carbocycles. The quantitative estimate of drug-likeness (QED) is 0.591. The molecule has 3 aromatic rings. The summed E-state index contributed by atoms with van der Waals surface area (Å²) in [5, 5.41) is 24.3. The van der Waals surface area contributed by atoms with E-state index in [2.05, 4.69) is 10.4 Å². The largest absolute Gasteiger partial charge is 0.485 e. The van der Waals surface area contributed by atoms with E-state index in [9.17, 15) is 4.39 Å². The highest BCUT2D eigenvalue weighted by Crippen LogP contribution is 2.38. The summed E-state index contributed by atoms with van der Waals surface area (Å²) in [5.41, 5.74) is 4.63. The van der Waals surface area contributed by atoms with E-state index in [1.54, 1.807) is 16.9 Å². The molecule has 1 aromatic heterocycles. The van der Waals surface area contributed by atoms with E-state index in [1.807, 2.05) is 38.4 Å². The molecule has 0 saturated carbocycles. The Bertz CT molecular complexity index is 1160. The summed E-state index contributed by atoms with van der Waals surface area (Å²) >= 11 is 0. The van der Waals surface area contributed by atoms with Crippen molar-refractivity contribution in [3.8, 4) is 11.8 Å². The third-order valence-corrected chi connectivity index (χ3v) is 5.40. The third-order valence-electron chi connectivity index (χ3n) is 5.40. The van der Waals surface area contributed by atoms with Gasteiger partial charge in [0.1, 0.15) is 23.7 Å². The van der Waals surface area contributed by atoms with Gasteiger partial charge in [0.05, 0.1) is 23.1 Å². The molecule has 1 atom stereocenters. The first-order chi connectivity index (χ1) is 14.5. The number of nitrogens with zero attached hydrogens (tertiary/aromatic N) is 3. The molecule has 4 rings (SSSR count). The van der Waals surface area contributed by atoms with Crippen LogP contribution < -0.4 is 10.1 Å². The summed E-state index contributed by atoms with van der Waals surface area (Å²) < 4.78 is 22.7. The lowest BCUT2D eigenvalue weighted by Gasteiger charge is -2.28. The molecule has 0 bridgehead atoms. The summed E-state index contributed by atoms with van der Waals surface area (Å²) in [6.07, 6.45) is 6.74. The second-order valence-corrected chi connectivity index (χ2v) is 7.48. The number of fused-ring (bicyclic) bond motifs is 1. The molecule has 0 unspecified atom stereocenters. The third kappa shape index (κ3) is 3.64. The van der Waals surface area contributed by atoms with Gasteiger partial charge in [-0.1, -0.05) is 6.07 Å². The van der Waals surface area contributed by atoms with Crippen molar-refractivity contribution in [1.29, 1.82) is 10.7 Å². The molecule has 0 spiro atoms. The van der Waals surface area contributed by atoms with Crippen LogP contribution in [-0.2, 0) is 13.5 Å². The fraction of sp³-hybridized carbons (Fsp3) is 0.261. The monoisotopic (exact) mass is 403 g/mol. The van der Waals surface area contributed by atoms with Crippen molar-refractivity contribution in [2.75, 3.05) is 5.32 Å². The van der Waals surface area contributed by atoms with E-state index in [1.165, 1.54) is 12.3 Å². The minimum Gasteiger partial charge on any atom is -0.485 e. The lowest BCUT2D eigenvalue weighted by atomic mass is 9.87. The zero-order chi connectivity index (χ0) is 21.3. The molecule has 152 valence electrons. The maximum absolute atomic E-state index is 14.6. The number of ether oxygens (including phenoxy) is 1. The smallest absolute Gasteiger partial charge is 0.144 e. The van der Waals surface area contributed by atoms with Crippen LogP contribution in [0.15, 0.2) is 36.7 Å². The van der Waals surface area contributed by atoms with Crippen molar-refractivity contribution < 1.29 is 9.13 Å². The van der Waals surface area contributed by atoms with Gasteiger partial charge in [-0.25, -0.2) is 4.39 Å². The van der Waals surface area contributed by atoms with Crippen LogP contribution >= 0.6 is 0 Å². The van der Waals surface area contributed by atoms with Gasteiger partial charge in [0.15, 0.2) is 0 Å². The lowest BCUT2D eigenvalue weighted by Crippen LogP contribution is -2.17. The van der Waals surface area contributed by atoms with Crippen molar-refractivity contribution in [3.05, 3.63) is 70.3 Å². The van der Waals surface area contributed by atoms with E-state index in [4.69, 9.17) is 15.4 Å². The standard InChI is InChI=1S/C23H22FN5O/c1-14-8-16(11-26)20(28-17-12-27-29(2)13-17)9-22(14)30-21-5-3-4-19-18(21)7-6-15(10-25)23(19)24/h6-9,11-13,21,26,28H,3-5H2,1-2H3/t21-/m0/s1. The molecular formula is C23H22FN5O. The zero-order valence-corrected chi connectivity index (χ0v) is 16.9. The van der Waals surface area contributed by atoms with Gasteiger partial charge in [-0.05, 0) is 55.0 Å². The lowest BCUT2D eigenvalue weighted by molar-refractivity contribution is 0.181. The first-order valence-electron chi connectivity index (χ1n) is 9.79. The van der Waals surface area contributed by atoms with Gasteiger partial charge in [0.2, 0.25) is 0 Å². The summed E-state index contributed by atoms with van der Waals surface area (Å²) in [6, 6.07) is 9.00. The van der Waals surface area contributed by atoms with Gasteiger partial charge in [-0.15, -0.1) is 0 Å². The number of rotatable bonds is 5. The number of aromatic nitrogens is 2. The van der Waals surface area contributed by atoms with Crippen molar-refractivity contribution in [2.24, 2.45) is 7.05 Å². The highest BCUT2D eigenvalue weighted by Gasteiger charge is 2.26. The Morgan fingerprint density at radius 2 is 2.23 bits per heavy atom. The van der Waals surface area contributed by atoms with E-state index in [0.717, 1.165) is 40.9 Å². The minimum absolute atomic E-state index is 0.0730. The molecule has 7 heteroatoms. The molecule has 1 heterocycles.